The summed E-state index contributed by atoms with van der Waals surface area (Å²) in [5, 5.41) is 3.41. The highest BCUT2D eigenvalue weighted by Gasteiger charge is 2.09. The number of hydrogen-bond acceptors (Lipinski definition) is 3. The maximum Gasteiger partial charge on any atom is 0.270 e. The first-order valence-corrected chi connectivity index (χ1v) is 8.81. The van der Waals surface area contributed by atoms with E-state index in [0.29, 0.717) is 11.6 Å². The Morgan fingerprint density at radius 1 is 1.08 bits per heavy atom. The topological polar surface area (TPSA) is 50.4 Å². The van der Waals surface area contributed by atoms with Gasteiger partial charge in [-0.2, -0.15) is 0 Å². The normalized spacial score (nSPS) is 11.6. The summed E-state index contributed by atoms with van der Waals surface area (Å²) in [6, 6.07) is 13.2. The fourth-order valence-electron chi connectivity index (χ4n) is 2.86. The van der Waals surface area contributed by atoms with Gasteiger partial charge < -0.3 is 5.32 Å². The van der Waals surface area contributed by atoms with Crippen LogP contribution in [0.3, 0.4) is 0 Å². The van der Waals surface area contributed by atoms with E-state index >= 15 is 0 Å². The Morgan fingerprint density at radius 3 is 2.31 bits per heavy atom. The second-order valence-electron chi connectivity index (χ2n) is 6.86. The first kappa shape index (κ1) is 19.7. The van der Waals surface area contributed by atoms with Crippen LogP contribution in [0.25, 0.3) is 17.2 Å². The smallest absolute Gasteiger partial charge is 0.270 e. The molecule has 0 aromatic heterocycles. The van der Waals surface area contributed by atoms with E-state index in [-0.39, 0.29) is 5.91 Å². The van der Waals surface area contributed by atoms with Crippen molar-refractivity contribution in [3.05, 3.63) is 58.7 Å². The second-order valence-corrected chi connectivity index (χ2v) is 6.86. The van der Waals surface area contributed by atoms with Gasteiger partial charge in [-0.1, -0.05) is 24.3 Å². The molecule has 0 aliphatic rings. The van der Waals surface area contributed by atoms with Gasteiger partial charge in [0, 0.05) is 17.3 Å². The molecule has 0 radical (unpaired) electrons. The molecule has 0 atom stereocenters. The third-order valence-electron chi connectivity index (χ3n) is 4.19. The molecule has 26 heavy (non-hydrogen) atoms. The molecular weight excluding hydrogens is 324 g/mol. The zero-order valence-electron chi connectivity index (χ0n) is 16.4. The number of hydrogen-bond donors (Lipinski definition) is 2. The molecule has 138 valence electrons. The van der Waals surface area contributed by atoms with Crippen molar-refractivity contribution in [2.75, 3.05) is 12.4 Å². The minimum Gasteiger partial charge on any atom is -0.383 e. The van der Waals surface area contributed by atoms with Gasteiger partial charge in [0.25, 0.3) is 5.91 Å². The zero-order valence-corrected chi connectivity index (χ0v) is 16.4. The lowest BCUT2D eigenvalue weighted by Crippen LogP contribution is -2.22. The number of hydroxylamine groups is 1. The Kier molecular flexibility index (Phi) is 6.58. The van der Waals surface area contributed by atoms with Crippen LogP contribution in [0.15, 0.2) is 42.0 Å². The van der Waals surface area contributed by atoms with Crippen LogP contribution in [0, 0.1) is 13.8 Å². The summed E-state index contributed by atoms with van der Waals surface area (Å²) in [4.78, 5) is 16.5. The minimum atomic E-state index is -0.234. The van der Waals surface area contributed by atoms with Crippen LogP contribution in [0.5, 0.6) is 0 Å². The van der Waals surface area contributed by atoms with Crippen molar-refractivity contribution >= 4 is 17.7 Å². The van der Waals surface area contributed by atoms with E-state index in [1.54, 1.807) is 6.92 Å². The van der Waals surface area contributed by atoms with Gasteiger partial charge in [0.2, 0.25) is 0 Å². The molecule has 0 heterocycles. The third-order valence-corrected chi connectivity index (χ3v) is 4.19. The average molecular weight is 352 g/mol. The molecule has 1 amide bonds. The Labute approximate surface area is 156 Å². The van der Waals surface area contributed by atoms with Crippen LogP contribution in [0.1, 0.15) is 37.5 Å². The lowest BCUT2D eigenvalue weighted by molar-refractivity contribution is -0.127. The van der Waals surface area contributed by atoms with Gasteiger partial charge in [-0.3, -0.25) is 9.63 Å². The average Bonchev–Trinajstić information content (AvgIpc) is 2.58. The van der Waals surface area contributed by atoms with E-state index < -0.39 is 0 Å². The molecule has 2 aromatic rings. The van der Waals surface area contributed by atoms with Crippen molar-refractivity contribution in [3.63, 3.8) is 0 Å². The predicted octanol–water partition coefficient (Wildman–Crippen LogP) is 4.87. The molecule has 2 aromatic carbocycles. The van der Waals surface area contributed by atoms with Crippen LogP contribution >= 0.6 is 0 Å². The Bertz CT molecular complexity index is 806. The maximum atomic E-state index is 11.8. The molecule has 0 saturated heterocycles. The lowest BCUT2D eigenvalue weighted by Gasteiger charge is -2.13. The maximum absolute atomic E-state index is 11.8. The highest BCUT2D eigenvalue weighted by Crippen LogP contribution is 2.28. The number of benzene rings is 2. The van der Waals surface area contributed by atoms with E-state index in [2.05, 4.69) is 79.7 Å². The van der Waals surface area contributed by atoms with E-state index in [9.17, 15) is 4.79 Å². The van der Waals surface area contributed by atoms with Crippen LogP contribution in [-0.2, 0) is 9.63 Å². The van der Waals surface area contributed by atoms with Crippen LogP contribution in [0.2, 0.25) is 0 Å². The Balaban J connectivity index is 2.32. The van der Waals surface area contributed by atoms with Crippen molar-refractivity contribution in [1.82, 2.24) is 5.48 Å². The number of nitrogens with one attached hydrogen (secondary N) is 2. The van der Waals surface area contributed by atoms with E-state index in [4.69, 9.17) is 0 Å². The predicted molar refractivity (Wildman–Crippen MR) is 109 cm³/mol. The minimum absolute atomic E-state index is 0.234. The second kappa shape index (κ2) is 8.68. The molecule has 0 bridgehead atoms. The number of carbonyl (C=O) groups excluding carboxylic acids is 1. The first-order valence-electron chi connectivity index (χ1n) is 8.81. The quantitative estimate of drug-likeness (QED) is 0.576. The molecular formula is C22H28N2O2. The number of amides is 1. The molecule has 2 rings (SSSR count). The van der Waals surface area contributed by atoms with Crippen molar-refractivity contribution in [3.8, 4) is 11.1 Å². The highest BCUT2D eigenvalue weighted by molar-refractivity contribution is 5.96. The van der Waals surface area contributed by atoms with Crippen molar-refractivity contribution in [2.45, 2.75) is 40.7 Å². The zero-order chi connectivity index (χ0) is 19.3. The molecule has 0 fully saturated rings. The van der Waals surface area contributed by atoms with E-state index in [1.807, 2.05) is 6.08 Å². The summed E-state index contributed by atoms with van der Waals surface area (Å²) in [7, 11) is 1.43. The summed E-state index contributed by atoms with van der Waals surface area (Å²) in [6.45, 7) is 10.2. The summed E-state index contributed by atoms with van der Waals surface area (Å²) in [5.74, 6) is -0.234. The van der Waals surface area contributed by atoms with Crippen molar-refractivity contribution in [2.24, 2.45) is 0 Å². The van der Waals surface area contributed by atoms with Gasteiger partial charge in [0.1, 0.15) is 0 Å². The Morgan fingerprint density at radius 2 is 1.73 bits per heavy atom. The third kappa shape index (κ3) is 4.96. The fourth-order valence-corrected chi connectivity index (χ4v) is 2.86. The summed E-state index contributed by atoms with van der Waals surface area (Å²) in [6.07, 6.45) is 1.89. The molecule has 2 N–H and O–H groups in total. The van der Waals surface area contributed by atoms with E-state index in [0.717, 1.165) is 16.8 Å². The number of carbonyl (C=O) groups is 1. The molecule has 0 unspecified atom stereocenters. The van der Waals surface area contributed by atoms with Gasteiger partial charge in [0.15, 0.2) is 0 Å². The van der Waals surface area contributed by atoms with Crippen LogP contribution in [0.4, 0.5) is 5.69 Å². The standard InChI is InChI=1S/C22H28N2O2/c1-14(2)23-20-9-7-18(8-10-20)21-13-15(3)19(11-16(21)4)12-17(5)22(25)24-26-6/h7-14,23H,1-6H3,(H,24,25). The Hall–Kier alpha value is -2.59. The molecule has 4 heteroatoms. The summed E-state index contributed by atoms with van der Waals surface area (Å²) < 4.78 is 0. The van der Waals surface area contributed by atoms with Gasteiger partial charge >= 0.3 is 0 Å². The van der Waals surface area contributed by atoms with Crippen molar-refractivity contribution in [1.29, 1.82) is 0 Å². The highest BCUT2D eigenvalue weighted by atomic mass is 16.6. The van der Waals surface area contributed by atoms with Crippen LogP contribution in [-0.4, -0.2) is 19.1 Å². The largest absolute Gasteiger partial charge is 0.383 e. The first-order chi connectivity index (χ1) is 12.3. The monoisotopic (exact) mass is 352 g/mol. The van der Waals surface area contributed by atoms with Crippen LogP contribution < -0.4 is 10.8 Å². The van der Waals surface area contributed by atoms with Gasteiger partial charge in [-0.15, -0.1) is 0 Å². The number of rotatable bonds is 6. The summed E-state index contributed by atoms with van der Waals surface area (Å²) >= 11 is 0. The number of aryl methyl sites for hydroxylation is 2. The molecule has 0 saturated carbocycles. The lowest BCUT2D eigenvalue weighted by atomic mass is 9.94. The molecule has 0 aliphatic heterocycles. The van der Waals surface area contributed by atoms with Crippen molar-refractivity contribution < 1.29 is 9.63 Å². The fraction of sp³-hybridized carbons (Fsp3) is 0.318. The molecule has 0 aliphatic carbocycles. The van der Waals surface area contributed by atoms with Gasteiger partial charge in [-0.05, 0) is 80.6 Å². The summed E-state index contributed by atoms with van der Waals surface area (Å²) in [5.41, 5.74) is 9.79. The molecule has 4 nitrogen and oxygen atoms in total. The van der Waals surface area contributed by atoms with E-state index in [1.165, 1.54) is 23.8 Å². The molecule has 0 spiro atoms. The number of anilines is 1. The SMILES string of the molecule is CONC(=O)C(C)=Cc1cc(C)c(-c2ccc(NC(C)C)cc2)cc1C. The van der Waals surface area contributed by atoms with Gasteiger partial charge in [-0.25, -0.2) is 5.48 Å². The van der Waals surface area contributed by atoms with Gasteiger partial charge in [0.05, 0.1) is 7.11 Å².